The molecule has 64 valence electrons. The summed E-state index contributed by atoms with van der Waals surface area (Å²) in [5.41, 5.74) is 4.89. The van der Waals surface area contributed by atoms with Gasteiger partial charge in [-0.3, -0.25) is 10.1 Å². The van der Waals surface area contributed by atoms with Crippen LogP contribution in [-0.4, -0.2) is 4.92 Å². The summed E-state index contributed by atoms with van der Waals surface area (Å²) < 4.78 is 12.8. The van der Waals surface area contributed by atoms with Crippen LogP contribution in [0.2, 0.25) is 0 Å². The highest BCUT2D eigenvalue weighted by Gasteiger charge is 2.17. The maximum atomic E-state index is 12.8. The summed E-state index contributed by atoms with van der Waals surface area (Å²) in [5.74, 6) is -0.615. The van der Waals surface area contributed by atoms with E-state index >= 15 is 0 Å². The molecule has 0 saturated heterocycles. The molecule has 0 saturated carbocycles. The quantitative estimate of drug-likeness (QED) is 0.395. The second kappa shape index (κ2) is 2.77. The molecule has 0 fully saturated rings. The van der Waals surface area contributed by atoms with E-state index in [0.29, 0.717) is 0 Å². The Kier molecular flexibility index (Phi) is 1.95. The maximum Gasteiger partial charge on any atom is 0.297 e. The summed E-state index contributed by atoms with van der Waals surface area (Å²) in [7, 11) is 0. The molecule has 1 aromatic rings. The fourth-order valence-corrected chi connectivity index (χ4v) is 0.939. The van der Waals surface area contributed by atoms with Gasteiger partial charge in [0.05, 0.1) is 10.5 Å². The predicted octanol–water partition coefficient (Wildman–Crippen LogP) is 1.62. The monoisotopic (exact) mass is 170 g/mol. The average Bonchev–Trinajstić information content (AvgIpc) is 1.97. The number of rotatable bonds is 1. The molecule has 0 unspecified atom stereocenters. The molecule has 4 nitrogen and oxygen atoms in total. The van der Waals surface area contributed by atoms with E-state index in [4.69, 9.17) is 5.73 Å². The second-order valence-electron chi connectivity index (χ2n) is 2.37. The summed E-state index contributed by atoms with van der Waals surface area (Å²) in [4.78, 5) is 9.67. The normalized spacial score (nSPS) is 9.83. The van der Waals surface area contributed by atoms with Crippen molar-refractivity contribution in [2.75, 3.05) is 5.73 Å². The molecule has 0 bridgehead atoms. The highest BCUT2D eigenvalue weighted by molar-refractivity contribution is 5.62. The summed E-state index contributed by atoms with van der Waals surface area (Å²) in [6.07, 6.45) is 0. The fourth-order valence-electron chi connectivity index (χ4n) is 0.939. The number of nitro groups is 1. The van der Waals surface area contributed by atoms with Crippen LogP contribution in [-0.2, 0) is 0 Å². The van der Waals surface area contributed by atoms with Gasteiger partial charge in [-0.15, -0.1) is 0 Å². The van der Waals surface area contributed by atoms with Crippen LogP contribution in [0.1, 0.15) is 5.56 Å². The zero-order chi connectivity index (χ0) is 9.30. The van der Waals surface area contributed by atoms with Gasteiger partial charge in [0.15, 0.2) is 0 Å². The number of hydrogen-bond acceptors (Lipinski definition) is 3. The van der Waals surface area contributed by atoms with E-state index in [0.717, 1.165) is 6.07 Å². The van der Waals surface area contributed by atoms with E-state index in [1.165, 1.54) is 13.0 Å². The van der Waals surface area contributed by atoms with Crippen LogP contribution in [0.5, 0.6) is 0 Å². The number of anilines is 1. The lowest BCUT2D eigenvalue weighted by molar-refractivity contribution is -0.384. The number of nitrogens with two attached hydrogens (primary N) is 1. The fraction of sp³-hybridized carbons (Fsp3) is 0.143. The standard InChI is InChI=1S/C7H7FN2O2/c1-4-5(8)2-3-6(9)7(4)10(11)12/h2-3H,9H2,1H3. The van der Waals surface area contributed by atoms with Gasteiger partial charge in [0.1, 0.15) is 11.5 Å². The largest absolute Gasteiger partial charge is 0.393 e. The molecule has 0 aliphatic rings. The van der Waals surface area contributed by atoms with Crippen molar-refractivity contribution in [2.24, 2.45) is 0 Å². The van der Waals surface area contributed by atoms with E-state index < -0.39 is 10.7 Å². The Labute approximate surface area is 68.0 Å². The minimum Gasteiger partial charge on any atom is -0.393 e. The summed E-state index contributed by atoms with van der Waals surface area (Å²) in [5, 5.41) is 10.4. The first-order valence-corrected chi connectivity index (χ1v) is 3.23. The van der Waals surface area contributed by atoms with Gasteiger partial charge in [-0.05, 0) is 19.1 Å². The molecule has 12 heavy (non-hydrogen) atoms. The van der Waals surface area contributed by atoms with Gasteiger partial charge in [-0.2, -0.15) is 0 Å². The number of nitrogens with zero attached hydrogens (tertiary/aromatic N) is 1. The minimum atomic E-state index is -0.687. The Balaban J connectivity index is 3.43. The first kappa shape index (κ1) is 8.45. The molecule has 0 heterocycles. The zero-order valence-electron chi connectivity index (χ0n) is 6.37. The van der Waals surface area contributed by atoms with Crippen molar-refractivity contribution in [3.63, 3.8) is 0 Å². The van der Waals surface area contributed by atoms with Gasteiger partial charge in [0.25, 0.3) is 5.69 Å². The van der Waals surface area contributed by atoms with E-state index in [9.17, 15) is 14.5 Å². The lowest BCUT2D eigenvalue weighted by Gasteiger charge is -2.00. The first-order chi connectivity index (χ1) is 5.54. The summed E-state index contributed by atoms with van der Waals surface area (Å²) >= 11 is 0. The van der Waals surface area contributed by atoms with Crippen molar-refractivity contribution in [1.29, 1.82) is 0 Å². The van der Waals surface area contributed by atoms with Crippen molar-refractivity contribution in [1.82, 2.24) is 0 Å². The third-order valence-electron chi connectivity index (χ3n) is 1.58. The van der Waals surface area contributed by atoms with E-state index in [1.807, 2.05) is 0 Å². The van der Waals surface area contributed by atoms with Crippen LogP contribution in [0.3, 0.4) is 0 Å². The van der Waals surface area contributed by atoms with Crippen molar-refractivity contribution >= 4 is 11.4 Å². The van der Waals surface area contributed by atoms with Gasteiger partial charge in [0.2, 0.25) is 0 Å². The summed E-state index contributed by atoms with van der Waals surface area (Å²) in [6.45, 7) is 1.32. The Morgan fingerprint density at radius 1 is 1.58 bits per heavy atom. The van der Waals surface area contributed by atoms with Crippen LogP contribution in [0.25, 0.3) is 0 Å². The van der Waals surface area contributed by atoms with E-state index in [-0.39, 0.29) is 16.9 Å². The van der Waals surface area contributed by atoms with Crippen molar-refractivity contribution < 1.29 is 9.31 Å². The number of hydrogen-bond donors (Lipinski definition) is 1. The van der Waals surface area contributed by atoms with Gasteiger partial charge in [0, 0.05) is 0 Å². The number of nitrogen functional groups attached to an aromatic ring is 1. The second-order valence-corrected chi connectivity index (χ2v) is 2.37. The number of benzene rings is 1. The Bertz CT molecular complexity index is 338. The van der Waals surface area contributed by atoms with Gasteiger partial charge < -0.3 is 5.73 Å². The molecule has 0 radical (unpaired) electrons. The lowest BCUT2D eigenvalue weighted by Crippen LogP contribution is -1.99. The molecule has 5 heteroatoms. The number of halogens is 1. The molecule has 0 aliphatic carbocycles. The molecule has 0 atom stereocenters. The Morgan fingerprint density at radius 3 is 2.58 bits per heavy atom. The predicted molar refractivity (Wildman–Crippen MR) is 42.2 cm³/mol. The zero-order valence-corrected chi connectivity index (χ0v) is 6.37. The van der Waals surface area contributed by atoms with Crippen LogP contribution < -0.4 is 5.73 Å². The Morgan fingerprint density at radius 2 is 2.17 bits per heavy atom. The molecule has 0 aromatic heterocycles. The average molecular weight is 170 g/mol. The van der Waals surface area contributed by atoms with E-state index in [1.54, 1.807) is 0 Å². The molecule has 0 amide bonds. The van der Waals surface area contributed by atoms with Crippen molar-refractivity contribution in [3.05, 3.63) is 33.6 Å². The van der Waals surface area contributed by atoms with Crippen LogP contribution in [0.4, 0.5) is 15.8 Å². The Hall–Kier alpha value is -1.65. The number of nitro benzene ring substituents is 1. The van der Waals surface area contributed by atoms with Crippen LogP contribution in [0.15, 0.2) is 12.1 Å². The minimum absolute atomic E-state index is 0.0149. The highest BCUT2D eigenvalue weighted by atomic mass is 19.1. The van der Waals surface area contributed by atoms with Crippen molar-refractivity contribution in [2.45, 2.75) is 6.92 Å². The SMILES string of the molecule is Cc1c(F)ccc(N)c1[N+](=O)[O-]. The third kappa shape index (κ3) is 1.20. The summed E-state index contributed by atoms with van der Waals surface area (Å²) in [6, 6.07) is 2.29. The third-order valence-corrected chi connectivity index (χ3v) is 1.58. The first-order valence-electron chi connectivity index (χ1n) is 3.23. The highest BCUT2D eigenvalue weighted by Crippen LogP contribution is 2.26. The van der Waals surface area contributed by atoms with Crippen LogP contribution >= 0.6 is 0 Å². The molecule has 1 rings (SSSR count). The molecular formula is C7H7FN2O2. The van der Waals surface area contributed by atoms with Gasteiger partial charge >= 0.3 is 0 Å². The molecule has 1 aromatic carbocycles. The molecular weight excluding hydrogens is 163 g/mol. The smallest absolute Gasteiger partial charge is 0.297 e. The van der Waals surface area contributed by atoms with Gasteiger partial charge in [-0.25, -0.2) is 4.39 Å². The molecule has 2 N–H and O–H groups in total. The topological polar surface area (TPSA) is 69.2 Å². The van der Waals surface area contributed by atoms with Crippen LogP contribution in [0, 0.1) is 22.9 Å². The van der Waals surface area contributed by atoms with E-state index in [2.05, 4.69) is 0 Å². The molecule has 0 aliphatic heterocycles. The van der Waals surface area contributed by atoms with Gasteiger partial charge in [-0.1, -0.05) is 0 Å². The van der Waals surface area contributed by atoms with Crippen molar-refractivity contribution in [3.8, 4) is 0 Å². The lowest BCUT2D eigenvalue weighted by atomic mass is 10.1. The maximum absolute atomic E-state index is 12.8. The molecule has 0 spiro atoms.